The number of aliphatic hydroxyl groups excluding tert-OH is 3. The molecule has 28 heavy (non-hydrogen) atoms. The fourth-order valence-corrected chi connectivity index (χ4v) is 3.57. The number of benzene rings is 1. The molecule has 0 atom stereocenters. The number of unbranched alkanes of at least 4 members (excludes halogenated alkanes) is 9. The van der Waals surface area contributed by atoms with Crippen LogP contribution in [0.4, 0.5) is 0 Å². The van der Waals surface area contributed by atoms with E-state index in [1.807, 2.05) is 6.07 Å². The maximum Gasteiger partial charge on any atom is 0.294 e. The molecule has 0 aliphatic heterocycles. The highest BCUT2D eigenvalue weighted by molar-refractivity contribution is 7.85. The van der Waals surface area contributed by atoms with Gasteiger partial charge in [-0.1, -0.05) is 82.9 Å². The van der Waals surface area contributed by atoms with E-state index in [1.54, 1.807) is 12.1 Å². The Morgan fingerprint density at radius 3 is 1.71 bits per heavy atom. The highest BCUT2D eigenvalue weighted by Gasteiger charge is 2.13. The SMILES string of the molecule is CCCCCCCCCCCCc1ccccc1S(=O)(=O)O.OCC(O)CO. The van der Waals surface area contributed by atoms with Crippen molar-refractivity contribution in [3.63, 3.8) is 0 Å². The van der Waals surface area contributed by atoms with Gasteiger partial charge in [0.25, 0.3) is 10.1 Å². The normalized spacial score (nSPS) is 11.4. The van der Waals surface area contributed by atoms with Crippen LogP contribution in [0.5, 0.6) is 0 Å². The van der Waals surface area contributed by atoms with E-state index >= 15 is 0 Å². The average Bonchev–Trinajstić information content (AvgIpc) is 2.68. The highest BCUT2D eigenvalue weighted by atomic mass is 32.2. The molecular weight excluding hydrogens is 380 g/mol. The predicted octanol–water partition coefficient (Wildman–Crippen LogP) is 3.73. The Labute approximate surface area is 170 Å². The van der Waals surface area contributed by atoms with Gasteiger partial charge < -0.3 is 15.3 Å². The summed E-state index contributed by atoms with van der Waals surface area (Å²) in [5, 5.41) is 24.0. The maximum absolute atomic E-state index is 11.3. The highest BCUT2D eigenvalue weighted by Crippen LogP contribution is 2.18. The molecule has 0 bridgehead atoms. The van der Waals surface area contributed by atoms with Crippen molar-refractivity contribution in [3.05, 3.63) is 29.8 Å². The Kier molecular flexibility index (Phi) is 16.3. The van der Waals surface area contributed by atoms with Crippen molar-refractivity contribution in [1.82, 2.24) is 0 Å². The fraction of sp³-hybridized carbons (Fsp3) is 0.714. The van der Waals surface area contributed by atoms with E-state index in [2.05, 4.69) is 6.92 Å². The molecule has 4 N–H and O–H groups in total. The second-order valence-corrected chi connectivity index (χ2v) is 8.42. The molecule has 0 amide bonds. The lowest BCUT2D eigenvalue weighted by Crippen LogP contribution is -2.15. The minimum Gasteiger partial charge on any atom is -0.394 e. The summed E-state index contributed by atoms with van der Waals surface area (Å²) in [5.74, 6) is 0. The van der Waals surface area contributed by atoms with Gasteiger partial charge in [-0.3, -0.25) is 4.55 Å². The Bertz CT molecular complexity index is 584. The molecule has 0 aliphatic carbocycles. The van der Waals surface area contributed by atoms with E-state index < -0.39 is 16.2 Å². The summed E-state index contributed by atoms with van der Waals surface area (Å²) in [6.07, 6.45) is 12.4. The van der Waals surface area contributed by atoms with Crippen LogP contribution in [0.2, 0.25) is 0 Å². The molecule has 0 unspecified atom stereocenters. The first-order valence-corrected chi connectivity index (χ1v) is 11.8. The lowest BCUT2D eigenvalue weighted by molar-refractivity contribution is 0.0450. The van der Waals surface area contributed by atoms with Crippen molar-refractivity contribution >= 4 is 10.1 Å². The lowest BCUT2D eigenvalue weighted by Gasteiger charge is -2.07. The largest absolute Gasteiger partial charge is 0.394 e. The third-order valence-electron chi connectivity index (χ3n) is 4.47. The topological polar surface area (TPSA) is 115 Å². The standard InChI is InChI=1S/C18H30O3S.C3H8O3/c1-2-3-4-5-6-7-8-9-10-11-14-17-15-12-13-16-18(17)22(19,20)21;4-1-3(6)2-5/h12-13,15-16H,2-11,14H2,1H3,(H,19,20,21);3-6H,1-2H2. The summed E-state index contributed by atoms with van der Waals surface area (Å²) in [6.45, 7) is 1.51. The number of rotatable bonds is 14. The summed E-state index contributed by atoms with van der Waals surface area (Å²) in [5.41, 5.74) is 0.726. The number of aryl methyl sites for hydroxylation is 1. The van der Waals surface area contributed by atoms with Crippen LogP contribution in [0, 0.1) is 0 Å². The van der Waals surface area contributed by atoms with E-state index in [1.165, 1.54) is 57.4 Å². The summed E-state index contributed by atoms with van der Waals surface area (Å²) in [6, 6.07) is 6.73. The van der Waals surface area contributed by atoms with E-state index in [9.17, 15) is 13.0 Å². The first-order valence-electron chi connectivity index (χ1n) is 10.3. The molecule has 0 aromatic heterocycles. The molecule has 0 fully saturated rings. The van der Waals surface area contributed by atoms with Gasteiger partial charge in [0.05, 0.1) is 18.1 Å². The minimum atomic E-state index is -4.10. The number of hydrogen-bond donors (Lipinski definition) is 4. The van der Waals surface area contributed by atoms with E-state index in [4.69, 9.17) is 15.3 Å². The van der Waals surface area contributed by atoms with Gasteiger partial charge in [0.15, 0.2) is 0 Å². The Morgan fingerprint density at radius 1 is 0.821 bits per heavy atom. The van der Waals surface area contributed by atoms with Crippen LogP contribution < -0.4 is 0 Å². The van der Waals surface area contributed by atoms with Gasteiger partial charge in [0.2, 0.25) is 0 Å². The Hall–Kier alpha value is -0.990. The number of aliphatic hydroxyl groups is 3. The van der Waals surface area contributed by atoms with Gasteiger partial charge in [0.1, 0.15) is 6.10 Å². The molecule has 1 rings (SSSR count). The second-order valence-electron chi connectivity index (χ2n) is 7.03. The van der Waals surface area contributed by atoms with E-state index in [-0.39, 0.29) is 18.1 Å². The maximum atomic E-state index is 11.3. The monoisotopic (exact) mass is 418 g/mol. The molecule has 0 aliphatic rings. The van der Waals surface area contributed by atoms with Crippen molar-refractivity contribution in [2.24, 2.45) is 0 Å². The van der Waals surface area contributed by atoms with Crippen LogP contribution in [-0.2, 0) is 16.5 Å². The predicted molar refractivity (Wildman–Crippen MR) is 112 cm³/mol. The smallest absolute Gasteiger partial charge is 0.294 e. The zero-order valence-electron chi connectivity index (χ0n) is 17.1. The molecule has 6 nitrogen and oxygen atoms in total. The van der Waals surface area contributed by atoms with Crippen LogP contribution in [0.1, 0.15) is 76.7 Å². The summed E-state index contributed by atoms with van der Waals surface area (Å²) >= 11 is 0. The molecule has 7 heteroatoms. The summed E-state index contributed by atoms with van der Waals surface area (Å²) < 4.78 is 31.8. The van der Waals surface area contributed by atoms with Gasteiger partial charge in [0, 0.05) is 0 Å². The molecule has 0 saturated heterocycles. The minimum absolute atomic E-state index is 0.0610. The van der Waals surface area contributed by atoms with Gasteiger partial charge in [-0.2, -0.15) is 8.42 Å². The Morgan fingerprint density at radius 2 is 1.29 bits per heavy atom. The molecule has 0 saturated carbocycles. The van der Waals surface area contributed by atoms with Crippen LogP contribution in [-0.4, -0.2) is 47.6 Å². The third kappa shape index (κ3) is 14.1. The van der Waals surface area contributed by atoms with Crippen molar-refractivity contribution in [2.45, 2.75) is 88.6 Å². The second kappa shape index (κ2) is 16.9. The zero-order valence-corrected chi connectivity index (χ0v) is 17.9. The summed E-state index contributed by atoms with van der Waals surface area (Å²) in [4.78, 5) is 0.0610. The zero-order chi connectivity index (χ0) is 21.3. The molecule has 1 aromatic carbocycles. The van der Waals surface area contributed by atoms with Crippen LogP contribution in [0.15, 0.2) is 29.2 Å². The quantitative estimate of drug-likeness (QED) is 0.270. The molecule has 0 heterocycles. The van der Waals surface area contributed by atoms with Gasteiger partial charge in [-0.25, -0.2) is 0 Å². The third-order valence-corrected chi connectivity index (χ3v) is 5.43. The van der Waals surface area contributed by atoms with Gasteiger partial charge >= 0.3 is 0 Å². The van der Waals surface area contributed by atoms with Crippen molar-refractivity contribution in [1.29, 1.82) is 0 Å². The van der Waals surface area contributed by atoms with Crippen molar-refractivity contribution in [3.8, 4) is 0 Å². The lowest BCUT2D eigenvalue weighted by atomic mass is 10.0. The van der Waals surface area contributed by atoms with Crippen molar-refractivity contribution in [2.75, 3.05) is 13.2 Å². The molecule has 0 spiro atoms. The Balaban J connectivity index is 0.00000105. The first-order chi connectivity index (χ1) is 13.4. The van der Waals surface area contributed by atoms with Crippen LogP contribution >= 0.6 is 0 Å². The average molecular weight is 419 g/mol. The first kappa shape index (κ1) is 27.0. The van der Waals surface area contributed by atoms with Crippen molar-refractivity contribution < 1.29 is 28.3 Å². The molecule has 0 radical (unpaired) electrons. The molecule has 1 aromatic rings. The summed E-state index contributed by atoms with van der Waals surface area (Å²) in [7, 11) is -4.10. The van der Waals surface area contributed by atoms with Crippen LogP contribution in [0.25, 0.3) is 0 Å². The van der Waals surface area contributed by atoms with E-state index in [0.717, 1.165) is 18.4 Å². The van der Waals surface area contributed by atoms with E-state index in [0.29, 0.717) is 6.42 Å². The molecular formula is C21H38O6S. The fourth-order valence-electron chi connectivity index (χ4n) is 2.82. The number of hydrogen-bond acceptors (Lipinski definition) is 5. The van der Waals surface area contributed by atoms with Gasteiger partial charge in [-0.15, -0.1) is 0 Å². The van der Waals surface area contributed by atoms with Crippen LogP contribution in [0.3, 0.4) is 0 Å². The molecule has 164 valence electrons. The van der Waals surface area contributed by atoms with Gasteiger partial charge in [-0.05, 0) is 24.5 Å².